The van der Waals surface area contributed by atoms with Crippen molar-refractivity contribution in [3.05, 3.63) is 21.7 Å². The molecule has 1 aromatic rings. The lowest BCUT2D eigenvalue weighted by atomic mass is 9.81. The molecule has 1 aromatic heterocycles. The molecular weight excluding hydrogens is 325 g/mol. The fraction of sp³-hybridized carbons (Fsp3) is 0.714. The normalized spacial score (nSPS) is 25.1. The molecule has 1 fully saturated rings. The van der Waals surface area contributed by atoms with Crippen molar-refractivity contribution >= 4 is 22.6 Å². The Morgan fingerprint density at radius 1 is 1.41 bits per heavy atom. The summed E-state index contributed by atoms with van der Waals surface area (Å²) in [5, 5.41) is 3.48. The van der Waals surface area contributed by atoms with Crippen LogP contribution in [0.3, 0.4) is 0 Å². The van der Waals surface area contributed by atoms with Gasteiger partial charge in [0, 0.05) is 0 Å². The molecule has 1 N–H and O–H groups in total. The van der Waals surface area contributed by atoms with Crippen LogP contribution in [0.15, 0.2) is 16.5 Å². The van der Waals surface area contributed by atoms with Gasteiger partial charge in [-0.05, 0) is 65.9 Å². The van der Waals surface area contributed by atoms with E-state index in [1.54, 1.807) is 0 Å². The van der Waals surface area contributed by atoms with Crippen LogP contribution < -0.4 is 5.32 Å². The molecule has 1 aliphatic carbocycles. The van der Waals surface area contributed by atoms with Gasteiger partial charge in [-0.15, -0.1) is 0 Å². The summed E-state index contributed by atoms with van der Waals surface area (Å²) in [6, 6.07) is 4.07. The molecule has 96 valence electrons. The van der Waals surface area contributed by atoms with Crippen LogP contribution in [-0.4, -0.2) is 6.54 Å². The highest BCUT2D eigenvalue weighted by Gasteiger charge is 2.18. The maximum atomic E-state index is 5.52. The average Bonchev–Trinajstić information content (AvgIpc) is 2.71. The molecule has 3 heteroatoms. The number of halogens is 1. The molecule has 0 saturated heterocycles. The van der Waals surface area contributed by atoms with Gasteiger partial charge in [-0.25, -0.2) is 0 Å². The summed E-state index contributed by atoms with van der Waals surface area (Å²) >= 11 is 2.20. The van der Waals surface area contributed by atoms with Crippen molar-refractivity contribution in [2.24, 2.45) is 11.8 Å². The summed E-state index contributed by atoms with van der Waals surface area (Å²) in [6.45, 7) is 4.38. The predicted octanol–water partition coefficient (Wildman–Crippen LogP) is 4.19. The van der Waals surface area contributed by atoms with Crippen LogP contribution in [0.1, 0.15) is 44.8 Å². The van der Waals surface area contributed by atoms with E-state index < -0.39 is 0 Å². The van der Waals surface area contributed by atoms with Gasteiger partial charge in [-0.1, -0.05) is 26.2 Å². The SMILES string of the molecule is CC1CCCC(CCNCc2ccc(I)o2)C1. The van der Waals surface area contributed by atoms with Gasteiger partial charge in [-0.3, -0.25) is 0 Å². The third-order valence-corrected chi connectivity index (χ3v) is 4.28. The van der Waals surface area contributed by atoms with E-state index in [9.17, 15) is 0 Å². The lowest BCUT2D eigenvalue weighted by Crippen LogP contribution is -2.20. The first-order valence-electron chi connectivity index (χ1n) is 6.69. The molecule has 1 saturated carbocycles. The van der Waals surface area contributed by atoms with Crippen molar-refractivity contribution in [1.29, 1.82) is 0 Å². The van der Waals surface area contributed by atoms with Gasteiger partial charge >= 0.3 is 0 Å². The molecule has 1 heterocycles. The predicted molar refractivity (Wildman–Crippen MR) is 78.9 cm³/mol. The van der Waals surface area contributed by atoms with Gasteiger partial charge in [0.25, 0.3) is 0 Å². The van der Waals surface area contributed by atoms with Crippen molar-refractivity contribution in [3.63, 3.8) is 0 Å². The van der Waals surface area contributed by atoms with Gasteiger partial charge in [0.05, 0.1) is 6.54 Å². The quantitative estimate of drug-likeness (QED) is 0.638. The van der Waals surface area contributed by atoms with Crippen LogP contribution in [0.4, 0.5) is 0 Å². The first-order chi connectivity index (χ1) is 8.24. The minimum Gasteiger partial charge on any atom is -0.454 e. The van der Waals surface area contributed by atoms with Crippen LogP contribution in [0.5, 0.6) is 0 Å². The Morgan fingerprint density at radius 2 is 2.29 bits per heavy atom. The zero-order chi connectivity index (χ0) is 12.1. The molecule has 0 aromatic carbocycles. The first-order valence-corrected chi connectivity index (χ1v) is 7.77. The monoisotopic (exact) mass is 347 g/mol. The molecule has 0 spiro atoms. The Morgan fingerprint density at radius 3 is 3.00 bits per heavy atom. The van der Waals surface area contributed by atoms with Crippen molar-refractivity contribution in [2.75, 3.05) is 6.54 Å². The standard InChI is InChI=1S/C14H22INO/c1-11-3-2-4-12(9-11)7-8-16-10-13-5-6-14(15)17-13/h5-6,11-12,16H,2-4,7-10H2,1H3. The Bertz CT molecular complexity index is 337. The van der Waals surface area contributed by atoms with Crippen LogP contribution in [0.25, 0.3) is 0 Å². The summed E-state index contributed by atoms with van der Waals surface area (Å²) < 4.78 is 6.49. The molecule has 2 rings (SSSR count). The van der Waals surface area contributed by atoms with E-state index in [0.717, 1.165) is 34.5 Å². The largest absolute Gasteiger partial charge is 0.454 e. The van der Waals surface area contributed by atoms with E-state index in [1.807, 2.05) is 6.07 Å². The average molecular weight is 347 g/mol. The fourth-order valence-electron chi connectivity index (χ4n) is 2.79. The third kappa shape index (κ3) is 4.62. The molecule has 0 amide bonds. The highest BCUT2D eigenvalue weighted by molar-refractivity contribution is 14.1. The summed E-state index contributed by atoms with van der Waals surface area (Å²) in [6.07, 6.45) is 7.06. The Balaban J connectivity index is 1.59. The van der Waals surface area contributed by atoms with Gasteiger partial charge < -0.3 is 9.73 Å². The van der Waals surface area contributed by atoms with Crippen molar-refractivity contribution in [2.45, 2.75) is 45.6 Å². The lowest BCUT2D eigenvalue weighted by molar-refractivity contribution is 0.266. The van der Waals surface area contributed by atoms with Crippen molar-refractivity contribution in [3.8, 4) is 0 Å². The van der Waals surface area contributed by atoms with E-state index in [4.69, 9.17) is 4.42 Å². The van der Waals surface area contributed by atoms with Gasteiger partial charge in [0.2, 0.25) is 0 Å². The zero-order valence-corrected chi connectivity index (χ0v) is 12.7. The second-order valence-electron chi connectivity index (χ2n) is 5.31. The molecule has 2 atom stereocenters. The van der Waals surface area contributed by atoms with E-state index >= 15 is 0 Å². The maximum absolute atomic E-state index is 5.52. The second-order valence-corrected chi connectivity index (χ2v) is 6.37. The summed E-state index contributed by atoms with van der Waals surface area (Å²) in [5.74, 6) is 2.94. The molecule has 0 bridgehead atoms. The van der Waals surface area contributed by atoms with Crippen LogP contribution >= 0.6 is 22.6 Å². The number of hydrogen-bond acceptors (Lipinski definition) is 2. The molecule has 2 nitrogen and oxygen atoms in total. The number of rotatable bonds is 5. The topological polar surface area (TPSA) is 25.2 Å². The van der Waals surface area contributed by atoms with E-state index in [1.165, 1.54) is 32.1 Å². The zero-order valence-electron chi connectivity index (χ0n) is 10.5. The van der Waals surface area contributed by atoms with E-state index in [0.29, 0.717) is 0 Å². The number of nitrogens with one attached hydrogen (secondary N) is 1. The van der Waals surface area contributed by atoms with Crippen LogP contribution in [0, 0.1) is 15.6 Å². The van der Waals surface area contributed by atoms with Gasteiger partial charge in [0.1, 0.15) is 5.76 Å². The Kier molecular flexibility index (Phi) is 5.35. The number of furan rings is 1. The minimum atomic E-state index is 0.866. The summed E-state index contributed by atoms with van der Waals surface area (Å²) in [4.78, 5) is 0. The number of hydrogen-bond donors (Lipinski definition) is 1. The molecular formula is C14H22INO. The van der Waals surface area contributed by atoms with E-state index in [2.05, 4.69) is 40.9 Å². The Hall–Kier alpha value is -0.0300. The van der Waals surface area contributed by atoms with E-state index in [-0.39, 0.29) is 0 Å². The smallest absolute Gasteiger partial charge is 0.164 e. The Labute approximate surface area is 118 Å². The van der Waals surface area contributed by atoms with Crippen LogP contribution in [0.2, 0.25) is 0 Å². The molecule has 1 aliphatic rings. The van der Waals surface area contributed by atoms with Gasteiger partial charge in [-0.2, -0.15) is 0 Å². The molecule has 17 heavy (non-hydrogen) atoms. The first kappa shape index (κ1) is 13.4. The molecule has 0 aliphatic heterocycles. The third-order valence-electron chi connectivity index (χ3n) is 3.70. The molecule has 0 radical (unpaired) electrons. The van der Waals surface area contributed by atoms with Crippen molar-refractivity contribution in [1.82, 2.24) is 5.32 Å². The second kappa shape index (κ2) is 6.78. The highest BCUT2D eigenvalue weighted by atomic mass is 127. The summed E-state index contributed by atoms with van der Waals surface area (Å²) in [7, 11) is 0. The highest BCUT2D eigenvalue weighted by Crippen LogP contribution is 2.30. The fourth-order valence-corrected chi connectivity index (χ4v) is 3.25. The summed E-state index contributed by atoms with van der Waals surface area (Å²) in [5.41, 5.74) is 0. The minimum absolute atomic E-state index is 0.866. The van der Waals surface area contributed by atoms with Crippen LogP contribution in [-0.2, 0) is 6.54 Å². The maximum Gasteiger partial charge on any atom is 0.164 e. The lowest BCUT2D eigenvalue weighted by Gasteiger charge is -2.26. The van der Waals surface area contributed by atoms with Gasteiger partial charge in [0.15, 0.2) is 3.77 Å². The molecule has 2 unspecified atom stereocenters. The van der Waals surface area contributed by atoms with Crippen molar-refractivity contribution < 1.29 is 4.42 Å².